The van der Waals surface area contributed by atoms with Crippen LogP contribution in [0.1, 0.15) is 12.5 Å². The molecule has 2 rings (SSSR count). The number of aliphatic imine (C=N–C) groups is 1. The van der Waals surface area contributed by atoms with E-state index in [0.717, 1.165) is 0 Å². The van der Waals surface area contributed by atoms with Crippen LogP contribution in [0.3, 0.4) is 0 Å². The molecule has 2 aromatic rings. The summed E-state index contributed by atoms with van der Waals surface area (Å²) in [7, 11) is 1.58. The molecule has 0 aromatic heterocycles. The van der Waals surface area contributed by atoms with Gasteiger partial charge in [-0.3, -0.25) is 0 Å². The molecule has 6 heteroatoms. The smallest absolute Gasteiger partial charge is 0.193 e. The van der Waals surface area contributed by atoms with Crippen molar-refractivity contribution in [3.63, 3.8) is 0 Å². The molecule has 0 atom stereocenters. The lowest BCUT2D eigenvalue weighted by molar-refractivity contribution is 0.321. The van der Waals surface area contributed by atoms with Gasteiger partial charge in [0, 0.05) is 0 Å². The summed E-state index contributed by atoms with van der Waals surface area (Å²) in [4.78, 5) is 4.20. The minimum atomic E-state index is -0.407. The summed E-state index contributed by atoms with van der Waals surface area (Å²) in [6.45, 7) is 2.49. The largest absolute Gasteiger partial charge is 0.495 e. The van der Waals surface area contributed by atoms with E-state index in [1.165, 1.54) is 6.07 Å². The first kappa shape index (κ1) is 16.6. The Labute approximate surface area is 134 Å². The number of rotatable bonds is 6. The van der Waals surface area contributed by atoms with Gasteiger partial charge in [-0.15, -0.1) is 0 Å². The molecule has 2 aromatic carbocycles. The number of benzene rings is 2. The van der Waals surface area contributed by atoms with Crippen molar-refractivity contribution >= 4 is 11.6 Å². The van der Waals surface area contributed by atoms with Gasteiger partial charge in [0.1, 0.15) is 5.75 Å². The van der Waals surface area contributed by atoms with Crippen LogP contribution in [0.15, 0.2) is 47.5 Å². The van der Waals surface area contributed by atoms with Crippen molar-refractivity contribution in [3.05, 3.63) is 53.8 Å². The Morgan fingerprint density at radius 2 is 2.00 bits per heavy atom. The monoisotopic (exact) mass is 317 g/mol. The maximum atomic E-state index is 13.8. The van der Waals surface area contributed by atoms with Crippen LogP contribution in [-0.4, -0.2) is 19.7 Å². The molecule has 0 saturated heterocycles. The van der Waals surface area contributed by atoms with Gasteiger partial charge in [0.2, 0.25) is 0 Å². The first-order chi connectivity index (χ1) is 11.1. The highest BCUT2D eigenvalue weighted by molar-refractivity contribution is 5.93. The topological polar surface area (TPSA) is 68.9 Å². The van der Waals surface area contributed by atoms with E-state index in [4.69, 9.17) is 15.2 Å². The standard InChI is InChI=1S/C17H20FN3O2/c1-3-23-15-9-8-12(10-13(15)18)11-20-17(19)21-14-6-4-5-7-16(14)22-2/h4-10H,3,11H2,1-2H3,(H3,19,20,21). The second-order valence-corrected chi connectivity index (χ2v) is 4.72. The SMILES string of the molecule is CCOc1ccc(CN=C(N)Nc2ccccc2OC)cc1F. The highest BCUT2D eigenvalue weighted by Crippen LogP contribution is 2.23. The Bertz CT molecular complexity index is 689. The predicted molar refractivity (Wildman–Crippen MR) is 89.5 cm³/mol. The lowest BCUT2D eigenvalue weighted by Gasteiger charge is -2.10. The molecule has 5 nitrogen and oxygen atoms in total. The van der Waals surface area contributed by atoms with Crippen molar-refractivity contribution in [3.8, 4) is 11.5 Å². The molecule has 0 amide bonds. The Hall–Kier alpha value is -2.76. The van der Waals surface area contributed by atoms with E-state index in [2.05, 4.69) is 10.3 Å². The summed E-state index contributed by atoms with van der Waals surface area (Å²) in [6.07, 6.45) is 0. The number of guanidine groups is 1. The molecule has 0 unspecified atom stereocenters. The average Bonchev–Trinajstić information content (AvgIpc) is 2.56. The van der Waals surface area contributed by atoms with Gasteiger partial charge >= 0.3 is 0 Å². The van der Waals surface area contributed by atoms with Crippen LogP contribution in [0.4, 0.5) is 10.1 Å². The highest BCUT2D eigenvalue weighted by atomic mass is 19.1. The maximum Gasteiger partial charge on any atom is 0.193 e. The van der Waals surface area contributed by atoms with Gasteiger partial charge in [0.15, 0.2) is 17.5 Å². The van der Waals surface area contributed by atoms with Crippen molar-refractivity contribution in [1.82, 2.24) is 0 Å². The van der Waals surface area contributed by atoms with Crippen LogP contribution in [-0.2, 0) is 6.54 Å². The van der Waals surface area contributed by atoms with E-state index < -0.39 is 5.82 Å². The molecular weight excluding hydrogens is 297 g/mol. The van der Waals surface area contributed by atoms with Gasteiger partial charge in [-0.25, -0.2) is 9.38 Å². The van der Waals surface area contributed by atoms with Crippen LogP contribution in [0.2, 0.25) is 0 Å². The molecule has 0 heterocycles. The molecule has 0 bridgehead atoms. The highest BCUT2D eigenvalue weighted by Gasteiger charge is 2.05. The van der Waals surface area contributed by atoms with Gasteiger partial charge < -0.3 is 20.5 Å². The molecule has 122 valence electrons. The second kappa shape index (κ2) is 8.03. The zero-order valence-electron chi connectivity index (χ0n) is 13.2. The molecule has 23 heavy (non-hydrogen) atoms. The number of anilines is 1. The lowest BCUT2D eigenvalue weighted by Crippen LogP contribution is -2.22. The molecule has 0 aliphatic rings. The Balaban J connectivity index is 2.03. The molecule has 0 aliphatic heterocycles. The first-order valence-electron chi connectivity index (χ1n) is 7.25. The maximum absolute atomic E-state index is 13.8. The molecule has 3 N–H and O–H groups in total. The molecule has 0 aliphatic carbocycles. The third-order valence-electron chi connectivity index (χ3n) is 3.10. The lowest BCUT2D eigenvalue weighted by atomic mass is 10.2. The summed E-state index contributed by atoms with van der Waals surface area (Å²) in [6, 6.07) is 12.1. The minimum Gasteiger partial charge on any atom is -0.495 e. The number of hydrogen-bond donors (Lipinski definition) is 2. The molecule has 0 saturated carbocycles. The first-order valence-corrected chi connectivity index (χ1v) is 7.25. The fourth-order valence-electron chi connectivity index (χ4n) is 2.02. The van der Waals surface area contributed by atoms with Crippen LogP contribution in [0.25, 0.3) is 0 Å². The Kier molecular flexibility index (Phi) is 5.80. The van der Waals surface area contributed by atoms with Crippen molar-refractivity contribution in [1.29, 1.82) is 0 Å². The number of halogens is 1. The van der Waals surface area contributed by atoms with Gasteiger partial charge in [-0.1, -0.05) is 18.2 Å². The number of methoxy groups -OCH3 is 1. The minimum absolute atomic E-state index is 0.226. The summed E-state index contributed by atoms with van der Waals surface area (Å²) >= 11 is 0. The summed E-state index contributed by atoms with van der Waals surface area (Å²) < 4.78 is 24.2. The third kappa shape index (κ3) is 4.60. The quantitative estimate of drug-likeness (QED) is 0.634. The second-order valence-electron chi connectivity index (χ2n) is 4.72. The van der Waals surface area contributed by atoms with Crippen molar-refractivity contribution in [2.45, 2.75) is 13.5 Å². The Morgan fingerprint density at radius 3 is 2.70 bits per heavy atom. The zero-order chi connectivity index (χ0) is 16.7. The van der Waals surface area contributed by atoms with E-state index in [1.54, 1.807) is 19.2 Å². The number of nitrogens with two attached hydrogens (primary N) is 1. The molecule has 0 fully saturated rings. The number of ether oxygens (including phenoxy) is 2. The van der Waals surface area contributed by atoms with Gasteiger partial charge in [0.25, 0.3) is 0 Å². The number of para-hydroxylation sites is 2. The summed E-state index contributed by atoms with van der Waals surface area (Å²) in [5.41, 5.74) is 7.28. The van der Waals surface area contributed by atoms with Gasteiger partial charge in [0.05, 0.1) is 25.9 Å². The molecular formula is C17H20FN3O2. The predicted octanol–water partition coefficient (Wildman–Crippen LogP) is 3.16. The van der Waals surface area contributed by atoms with E-state index in [1.807, 2.05) is 31.2 Å². The Morgan fingerprint density at radius 1 is 1.22 bits per heavy atom. The number of nitrogens with one attached hydrogen (secondary N) is 1. The fraction of sp³-hybridized carbons (Fsp3) is 0.235. The third-order valence-corrected chi connectivity index (χ3v) is 3.10. The normalized spacial score (nSPS) is 11.2. The van der Waals surface area contributed by atoms with Gasteiger partial charge in [-0.05, 0) is 36.8 Å². The van der Waals surface area contributed by atoms with E-state index in [-0.39, 0.29) is 18.3 Å². The molecule has 0 radical (unpaired) electrons. The fourth-order valence-corrected chi connectivity index (χ4v) is 2.02. The zero-order valence-corrected chi connectivity index (χ0v) is 13.2. The van der Waals surface area contributed by atoms with Crippen LogP contribution < -0.4 is 20.5 Å². The van der Waals surface area contributed by atoms with Crippen molar-refractivity contribution in [2.75, 3.05) is 19.0 Å². The number of hydrogen-bond acceptors (Lipinski definition) is 3. The van der Waals surface area contributed by atoms with Gasteiger partial charge in [-0.2, -0.15) is 0 Å². The summed E-state index contributed by atoms with van der Waals surface area (Å²) in [5.74, 6) is 0.720. The summed E-state index contributed by atoms with van der Waals surface area (Å²) in [5, 5.41) is 2.96. The van der Waals surface area contributed by atoms with E-state index in [0.29, 0.717) is 23.6 Å². The van der Waals surface area contributed by atoms with E-state index in [9.17, 15) is 4.39 Å². The van der Waals surface area contributed by atoms with Crippen LogP contribution in [0, 0.1) is 5.82 Å². The average molecular weight is 317 g/mol. The number of nitrogens with zero attached hydrogens (tertiary/aromatic N) is 1. The van der Waals surface area contributed by atoms with Crippen LogP contribution in [0.5, 0.6) is 11.5 Å². The molecule has 0 spiro atoms. The van der Waals surface area contributed by atoms with Crippen molar-refractivity contribution in [2.24, 2.45) is 10.7 Å². The van der Waals surface area contributed by atoms with E-state index >= 15 is 0 Å². The van der Waals surface area contributed by atoms with Crippen molar-refractivity contribution < 1.29 is 13.9 Å². The van der Waals surface area contributed by atoms with Crippen LogP contribution >= 0.6 is 0 Å².